The van der Waals surface area contributed by atoms with Gasteiger partial charge in [0, 0.05) is 24.0 Å². The zero-order chi connectivity index (χ0) is 15.0. The Morgan fingerprint density at radius 1 is 1.24 bits per heavy atom. The molecule has 2 aromatic rings. The Bertz CT molecular complexity index is 648. The average Bonchev–Trinajstić information content (AvgIpc) is 2.90. The van der Waals surface area contributed by atoms with Crippen LogP contribution in [-0.4, -0.2) is 28.9 Å². The summed E-state index contributed by atoms with van der Waals surface area (Å²) in [5.74, 6) is 1.38. The van der Waals surface area contributed by atoms with Gasteiger partial charge in [0.25, 0.3) is 5.91 Å². The topological polar surface area (TPSA) is 36.1 Å². The normalized spacial score (nSPS) is 16.9. The predicted molar refractivity (Wildman–Crippen MR) is 86.7 cm³/mol. The van der Waals surface area contributed by atoms with Crippen molar-refractivity contribution in [2.45, 2.75) is 39.5 Å². The largest absolute Gasteiger partial charge is 0.351 e. The molecule has 1 N–H and O–H groups in total. The van der Waals surface area contributed by atoms with Crippen molar-refractivity contribution in [3.05, 3.63) is 35.5 Å². The van der Waals surface area contributed by atoms with E-state index in [4.69, 9.17) is 0 Å². The van der Waals surface area contributed by atoms with Crippen molar-refractivity contribution in [1.82, 2.24) is 9.88 Å². The Labute approximate surface area is 126 Å². The van der Waals surface area contributed by atoms with Gasteiger partial charge in [-0.3, -0.25) is 4.79 Å². The number of piperidine rings is 1. The number of carbonyl (C=O) groups excluding carboxylic acids is 1. The first-order valence-electron chi connectivity index (χ1n) is 7.96. The number of benzene rings is 1. The maximum atomic E-state index is 12.6. The minimum atomic E-state index is 0.143. The third-order valence-electron chi connectivity index (χ3n) is 4.61. The van der Waals surface area contributed by atoms with Crippen LogP contribution in [0.15, 0.2) is 24.3 Å². The van der Waals surface area contributed by atoms with Crippen LogP contribution in [0.3, 0.4) is 0 Å². The molecule has 0 aliphatic carbocycles. The molecule has 0 spiro atoms. The molecule has 0 radical (unpaired) electrons. The monoisotopic (exact) mass is 284 g/mol. The Hall–Kier alpha value is -1.77. The third kappa shape index (κ3) is 2.82. The second kappa shape index (κ2) is 5.55. The maximum absolute atomic E-state index is 12.6. The van der Waals surface area contributed by atoms with Crippen LogP contribution in [0.4, 0.5) is 0 Å². The van der Waals surface area contributed by atoms with E-state index in [0.29, 0.717) is 5.92 Å². The Balaban J connectivity index is 1.85. The molecule has 0 bridgehead atoms. The van der Waals surface area contributed by atoms with Gasteiger partial charge in [-0.25, -0.2) is 0 Å². The molecule has 1 fully saturated rings. The molecule has 1 saturated heterocycles. The predicted octanol–water partition coefficient (Wildman–Crippen LogP) is 4.16. The van der Waals surface area contributed by atoms with Gasteiger partial charge in [-0.2, -0.15) is 0 Å². The van der Waals surface area contributed by atoms with Crippen molar-refractivity contribution in [2.75, 3.05) is 13.1 Å². The van der Waals surface area contributed by atoms with E-state index in [1.54, 1.807) is 0 Å². The van der Waals surface area contributed by atoms with Crippen LogP contribution in [-0.2, 0) is 0 Å². The summed E-state index contributed by atoms with van der Waals surface area (Å²) < 4.78 is 0. The van der Waals surface area contributed by atoms with Crippen molar-refractivity contribution in [2.24, 2.45) is 5.92 Å². The summed E-state index contributed by atoms with van der Waals surface area (Å²) in [5.41, 5.74) is 3.09. The first-order chi connectivity index (χ1) is 10.0. The number of rotatable bonds is 2. The van der Waals surface area contributed by atoms with Crippen LogP contribution in [0.25, 0.3) is 10.9 Å². The third-order valence-corrected chi connectivity index (χ3v) is 4.61. The van der Waals surface area contributed by atoms with Gasteiger partial charge in [0.05, 0.1) is 0 Å². The summed E-state index contributed by atoms with van der Waals surface area (Å²) in [4.78, 5) is 17.9. The molecule has 0 unspecified atom stereocenters. The first kappa shape index (κ1) is 14.2. The fourth-order valence-corrected chi connectivity index (χ4v) is 3.00. The number of H-pyrrole nitrogens is 1. The van der Waals surface area contributed by atoms with Gasteiger partial charge in [-0.1, -0.05) is 32.9 Å². The van der Waals surface area contributed by atoms with Crippen LogP contribution in [0.2, 0.25) is 0 Å². The van der Waals surface area contributed by atoms with E-state index in [-0.39, 0.29) is 5.91 Å². The van der Waals surface area contributed by atoms with Gasteiger partial charge < -0.3 is 9.88 Å². The lowest BCUT2D eigenvalue weighted by Gasteiger charge is -2.29. The van der Waals surface area contributed by atoms with Crippen molar-refractivity contribution in [3.8, 4) is 0 Å². The van der Waals surface area contributed by atoms with Crippen LogP contribution in [0.5, 0.6) is 0 Å². The molecule has 3 rings (SSSR count). The van der Waals surface area contributed by atoms with E-state index in [1.807, 2.05) is 11.0 Å². The lowest BCUT2D eigenvalue weighted by Crippen LogP contribution is -2.38. The molecular weight excluding hydrogens is 260 g/mol. The maximum Gasteiger partial charge on any atom is 0.270 e. The Morgan fingerprint density at radius 3 is 2.62 bits per heavy atom. The van der Waals surface area contributed by atoms with Gasteiger partial charge in [-0.05, 0) is 42.4 Å². The summed E-state index contributed by atoms with van der Waals surface area (Å²) in [6, 6.07) is 8.41. The molecule has 1 amide bonds. The van der Waals surface area contributed by atoms with Crippen molar-refractivity contribution < 1.29 is 4.79 Å². The number of nitrogens with one attached hydrogen (secondary N) is 1. The number of nitrogens with zero attached hydrogens (tertiary/aromatic N) is 1. The van der Waals surface area contributed by atoms with Gasteiger partial charge in [0.1, 0.15) is 5.69 Å². The second-order valence-corrected chi connectivity index (χ2v) is 6.66. The Morgan fingerprint density at radius 2 is 1.95 bits per heavy atom. The zero-order valence-corrected chi connectivity index (χ0v) is 13.1. The number of aromatic nitrogens is 1. The highest BCUT2D eigenvalue weighted by molar-refractivity contribution is 5.98. The molecule has 0 atom stereocenters. The molecule has 0 saturated carbocycles. The minimum Gasteiger partial charge on any atom is -0.351 e. The molecular formula is C18H24N2O. The number of likely N-dealkylation sites (tertiary alicyclic amines) is 1. The van der Waals surface area contributed by atoms with Gasteiger partial charge in [-0.15, -0.1) is 0 Å². The van der Waals surface area contributed by atoms with Crippen molar-refractivity contribution >= 4 is 16.8 Å². The molecule has 112 valence electrons. The van der Waals surface area contributed by atoms with E-state index in [9.17, 15) is 4.79 Å². The summed E-state index contributed by atoms with van der Waals surface area (Å²) in [6.07, 6.45) is 2.23. The van der Waals surface area contributed by atoms with Gasteiger partial charge in [0.2, 0.25) is 0 Å². The highest BCUT2D eigenvalue weighted by atomic mass is 16.2. The van der Waals surface area contributed by atoms with E-state index in [1.165, 1.54) is 5.56 Å². The number of hydrogen-bond acceptors (Lipinski definition) is 1. The molecule has 2 heterocycles. The molecule has 1 aliphatic heterocycles. The number of carbonyl (C=O) groups is 1. The van der Waals surface area contributed by atoms with Crippen LogP contribution < -0.4 is 0 Å². The van der Waals surface area contributed by atoms with E-state index < -0.39 is 0 Å². The summed E-state index contributed by atoms with van der Waals surface area (Å²) in [6.45, 7) is 8.40. The number of amides is 1. The second-order valence-electron chi connectivity index (χ2n) is 6.66. The number of fused-ring (bicyclic) bond motifs is 1. The average molecular weight is 284 g/mol. The van der Waals surface area contributed by atoms with Crippen LogP contribution >= 0.6 is 0 Å². The smallest absolute Gasteiger partial charge is 0.270 e. The Kier molecular flexibility index (Phi) is 3.75. The fourth-order valence-electron chi connectivity index (χ4n) is 3.00. The highest BCUT2D eigenvalue weighted by Gasteiger charge is 2.22. The molecule has 21 heavy (non-hydrogen) atoms. The van der Waals surface area contributed by atoms with Crippen LogP contribution in [0, 0.1) is 5.92 Å². The molecule has 1 aliphatic rings. The molecule has 3 heteroatoms. The van der Waals surface area contributed by atoms with Crippen molar-refractivity contribution in [3.63, 3.8) is 0 Å². The van der Waals surface area contributed by atoms with Crippen LogP contribution in [0.1, 0.15) is 55.6 Å². The summed E-state index contributed by atoms with van der Waals surface area (Å²) in [7, 11) is 0. The quantitative estimate of drug-likeness (QED) is 0.883. The van der Waals surface area contributed by atoms with Crippen molar-refractivity contribution in [1.29, 1.82) is 0 Å². The standard InChI is InChI=1S/C18H24N2O/c1-12(2)14-4-5-15-11-17(19-16(15)10-14)18(21)20-8-6-13(3)7-9-20/h4-5,10-13,19H,6-9H2,1-3H3. The number of hydrogen-bond donors (Lipinski definition) is 1. The summed E-state index contributed by atoms with van der Waals surface area (Å²) in [5, 5.41) is 1.12. The van der Waals surface area contributed by atoms with E-state index in [0.717, 1.165) is 48.4 Å². The zero-order valence-electron chi connectivity index (χ0n) is 13.1. The highest BCUT2D eigenvalue weighted by Crippen LogP contribution is 2.23. The lowest BCUT2D eigenvalue weighted by molar-refractivity contribution is 0.0692. The van der Waals surface area contributed by atoms with E-state index in [2.05, 4.69) is 44.0 Å². The SMILES string of the molecule is CC1CCN(C(=O)c2cc3ccc(C(C)C)cc3[nH]2)CC1. The van der Waals surface area contributed by atoms with Gasteiger partial charge >= 0.3 is 0 Å². The fraction of sp³-hybridized carbons (Fsp3) is 0.500. The lowest BCUT2D eigenvalue weighted by atomic mass is 9.99. The molecule has 3 nitrogen and oxygen atoms in total. The molecule has 1 aromatic carbocycles. The first-order valence-corrected chi connectivity index (χ1v) is 7.96. The van der Waals surface area contributed by atoms with Gasteiger partial charge in [0.15, 0.2) is 0 Å². The minimum absolute atomic E-state index is 0.143. The summed E-state index contributed by atoms with van der Waals surface area (Å²) >= 11 is 0. The van der Waals surface area contributed by atoms with E-state index >= 15 is 0 Å². The number of aromatic amines is 1. The molecule has 1 aromatic heterocycles.